The molecular weight excluding hydrogens is 488 g/mol. The summed E-state index contributed by atoms with van der Waals surface area (Å²) in [4.78, 5) is 21.4. The topological polar surface area (TPSA) is 63.6 Å². The monoisotopic (exact) mass is 530 g/mol. The van der Waals surface area contributed by atoms with Crippen LogP contribution in [0.2, 0.25) is 0 Å². The van der Waals surface area contributed by atoms with Crippen molar-refractivity contribution in [3.8, 4) is 11.3 Å². The lowest BCUT2D eigenvalue weighted by molar-refractivity contribution is 0.0977. The van der Waals surface area contributed by atoms with E-state index in [9.17, 15) is 4.79 Å². The van der Waals surface area contributed by atoms with Crippen LogP contribution >= 0.6 is 11.3 Å². The van der Waals surface area contributed by atoms with Crippen LogP contribution in [0.25, 0.3) is 26.4 Å². The Bertz CT molecular complexity index is 1400. The van der Waals surface area contributed by atoms with Gasteiger partial charge >= 0.3 is 0 Å². The molecule has 5 rings (SSSR count). The van der Waals surface area contributed by atoms with Crippen LogP contribution in [0.4, 0.5) is 0 Å². The fourth-order valence-electron chi connectivity index (χ4n) is 5.89. The molecule has 5 nitrogen and oxygen atoms in total. The highest BCUT2D eigenvalue weighted by atomic mass is 32.1. The number of benzene rings is 2. The van der Waals surface area contributed by atoms with Gasteiger partial charge in [-0.3, -0.25) is 9.20 Å². The number of hydrogen-bond acceptors (Lipinski definition) is 5. The van der Waals surface area contributed by atoms with E-state index < -0.39 is 0 Å². The maximum Gasteiger partial charge on any atom is 0.195 e. The number of carbonyl (C=O) groups excluding carboxylic acids is 1. The van der Waals surface area contributed by atoms with Crippen LogP contribution in [-0.4, -0.2) is 39.7 Å². The maximum absolute atomic E-state index is 12.9. The minimum atomic E-state index is 0.250. The van der Waals surface area contributed by atoms with Crippen LogP contribution in [0, 0.1) is 0 Å². The molecule has 3 heterocycles. The summed E-state index contributed by atoms with van der Waals surface area (Å²) in [7, 11) is 0. The Morgan fingerprint density at radius 2 is 1.71 bits per heavy atom. The number of imidazole rings is 1. The summed E-state index contributed by atoms with van der Waals surface area (Å²) in [5.41, 5.74) is 14.1. The van der Waals surface area contributed by atoms with Gasteiger partial charge in [0, 0.05) is 30.3 Å². The molecule has 0 aliphatic carbocycles. The van der Waals surface area contributed by atoms with Crippen molar-refractivity contribution in [2.45, 2.75) is 84.6 Å². The molecule has 1 aliphatic heterocycles. The van der Waals surface area contributed by atoms with Gasteiger partial charge in [0.2, 0.25) is 0 Å². The molecule has 2 aromatic heterocycles. The van der Waals surface area contributed by atoms with E-state index in [-0.39, 0.29) is 5.78 Å². The summed E-state index contributed by atoms with van der Waals surface area (Å²) in [6.07, 6.45) is 8.85. The van der Waals surface area contributed by atoms with Gasteiger partial charge in [0.15, 0.2) is 10.7 Å². The quantitative estimate of drug-likeness (QED) is 0.168. The molecule has 0 unspecified atom stereocenters. The molecule has 0 atom stereocenters. The van der Waals surface area contributed by atoms with Crippen molar-refractivity contribution in [3.63, 3.8) is 0 Å². The second kappa shape index (κ2) is 11.7. The van der Waals surface area contributed by atoms with E-state index in [0.717, 1.165) is 51.4 Å². The minimum Gasteiger partial charge on any atom is -0.326 e. The molecule has 0 saturated carbocycles. The second-order valence-corrected chi connectivity index (χ2v) is 12.5. The fraction of sp³-hybridized carbons (Fsp3) is 0.500. The number of ketones is 1. The number of piperidine rings is 1. The molecule has 6 heteroatoms. The van der Waals surface area contributed by atoms with Crippen molar-refractivity contribution in [2.75, 3.05) is 19.6 Å². The van der Waals surface area contributed by atoms with Gasteiger partial charge in [-0.15, -0.1) is 0 Å². The molecule has 2 N–H and O–H groups in total. The van der Waals surface area contributed by atoms with Crippen molar-refractivity contribution in [1.29, 1.82) is 0 Å². The Hall–Kier alpha value is -2.54. The van der Waals surface area contributed by atoms with E-state index in [1.165, 1.54) is 49.0 Å². The number of thiazole rings is 1. The van der Waals surface area contributed by atoms with Crippen molar-refractivity contribution >= 4 is 32.3 Å². The van der Waals surface area contributed by atoms with Gasteiger partial charge in [-0.05, 0) is 104 Å². The Morgan fingerprint density at radius 1 is 1.00 bits per heavy atom. The second-order valence-electron chi connectivity index (χ2n) is 11.5. The van der Waals surface area contributed by atoms with Gasteiger partial charge in [-0.1, -0.05) is 45.5 Å². The lowest BCUT2D eigenvalue weighted by Gasteiger charge is -2.26. The zero-order valence-corrected chi connectivity index (χ0v) is 24.2. The van der Waals surface area contributed by atoms with Crippen LogP contribution in [0.1, 0.15) is 105 Å². The number of nitrogens with zero attached hydrogens (tertiary/aromatic N) is 3. The molecule has 1 fully saturated rings. The summed E-state index contributed by atoms with van der Waals surface area (Å²) in [6, 6.07) is 10.7. The lowest BCUT2D eigenvalue weighted by atomic mass is 9.86. The van der Waals surface area contributed by atoms with Gasteiger partial charge in [0.25, 0.3) is 0 Å². The number of likely N-dealkylation sites (tertiary alicyclic amines) is 1. The molecule has 1 saturated heterocycles. The Kier molecular flexibility index (Phi) is 8.32. The van der Waals surface area contributed by atoms with E-state index in [1.807, 2.05) is 6.07 Å². The summed E-state index contributed by atoms with van der Waals surface area (Å²) in [5, 5.41) is 0. The molecule has 0 bridgehead atoms. The number of rotatable bonds is 10. The molecule has 1 aliphatic rings. The minimum absolute atomic E-state index is 0.250. The first-order valence-electron chi connectivity index (χ1n) is 14.4. The average Bonchev–Trinajstić information content (AvgIpc) is 3.48. The number of Topliss-reactive ketones (excluding diaryl/α,β-unsaturated/α-hetero) is 1. The van der Waals surface area contributed by atoms with Crippen LogP contribution in [-0.2, 0) is 6.54 Å². The van der Waals surface area contributed by atoms with E-state index in [1.54, 1.807) is 11.3 Å². The molecule has 2 aromatic carbocycles. The van der Waals surface area contributed by atoms with Crippen LogP contribution < -0.4 is 5.73 Å². The highest BCUT2D eigenvalue weighted by Gasteiger charge is 2.18. The summed E-state index contributed by atoms with van der Waals surface area (Å²) in [5.74, 6) is 1.05. The SMILES string of the molecule is CC(C)c1cc(-c2cn3c(n2)sc2cc(C(=O)CCCCN4CCCCC4)ccc23)cc(C(C)C)c1CN. The Labute approximate surface area is 231 Å². The first kappa shape index (κ1) is 27.0. The molecule has 0 amide bonds. The summed E-state index contributed by atoms with van der Waals surface area (Å²) < 4.78 is 3.28. The van der Waals surface area contributed by atoms with E-state index in [0.29, 0.717) is 24.8 Å². The molecule has 202 valence electrons. The fourth-order valence-corrected chi connectivity index (χ4v) is 6.94. The van der Waals surface area contributed by atoms with E-state index in [2.05, 4.69) is 67.5 Å². The molecule has 38 heavy (non-hydrogen) atoms. The van der Waals surface area contributed by atoms with Crippen LogP contribution in [0.15, 0.2) is 36.5 Å². The maximum atomic E-state index is 12.9. The highest BCUT2D eigenvalue weighted by Crippen LogP contribution is 2.35. The molecular formula is C32H42N4OS. The smallest absolute Gasteiger partial charge is 0.195 e. The van der Waals surface area contributed by atoms with Crippen LogP contribution in [0.3, 0.4) is 0 Å². The van der Waals surface area contributed by atoms with Gasteiger partial charge in [-0.2, -0.15) is 0 Å². The number of fused-ring (bicyclic) bond motifs is 3. The van der Waals surface area contributed by atoms with E-state index >= 15 is 0 Å². The molecule has 4 aromatic rings. The summed E-state index contributed by atoms with van der Waals surface area (Å²) >= 11 is 1.66. The zero-order chi connectivity index (χ0) is 26.8. The first-order chi connectivity index (χ1) is 18.4. The van der Waals surface area contributed by atoms with Crippen molar-refractivity contribution in [1.82, 2.24) is 14.3 Å². The number of unbranched alkanes of at least 4 members (excludes halogenated alkanes) is 1. The zero-order valence-electron chi connectivity index (χ0n) is 23.4. The van der Waals surface area contributed by atoms with E-state index in [4.69, 9.17) is 10.7 Å². The average molecular weight is 531 g/mol. The predicted molar refractivity (Wildman–Crippen MR) is 161 cm³/mol. The lowest BCUT2D eigenvalue weighted by Crippen LogP contribution is -2.30. The third-order valence-corrected chi connectivity index (χ3v) is 9.07. The normalized spacial score (nSPS) is 14.9. The van der Waals surface area contributed by atoms with Gasteiger partial charge in [0.1, 0.15) is 0 Å². The first-order valence-corrected chi connectivity index (χ1v) is 15.2. The molecule has 0 spiro atoms. The number of hydrogen-bond donors (Lipinski definition) is 1. The van der Waals surface area contributed by atoms with Crippen molar-refractivity contribution in [3.05, 3.63) is 58.8 Å². The highest BCUT2D eigenvalue weighted by molar-refractivity contribution is 7.23. The largest absolute Gasteiger partial charge is 0.326 e. The third kappa shape index (κ3) is 5.58. The standard InChI is InChI=1S/C32H42N4OS/c1-21(2)25-16-24(17-26(22(3)4)27(25)19-33)28-20-36-29-12-11-23(18-31(29)38-32(36)34-28)30(37)10-6-9-15-35-13-7-5-8-14-35/h11-12,16-18,20-22H,5-10,13-15,19,33H2,1-4H3. The van der Waals surface area contributed by atoms with Gasteiger partial charge in [-0.25, -0.2) is 4.98 Å². The number of nitrogens with two attached hydrogens (primary N) is 1. The third-order valence-electron chi connectivity index (χ3n) is 8.06. The Balaban J connectivity index is 1.34. The number of carbonyl (C=O) groups is 1. The molecule has 0 radical (unpaired) electrons. The predicted octanol–water partition coefficient (Wildman–Crippen LogP) is 7.76. The van der Waals surface area contributed by atoms with Gasteiger partial charge in [0.05, 0.1) is 15.9 Å². The number of aromatic nitrogens is 2. The Morgan fingerprint density at radius 3 is 2.37 bits per heavy atom. The van der Waals surface area contributed by atoms with Crippen molar-refractivity contribution in [2.24, 2.45) is 5.73 Å². The van der Waals surface area contributed by atoms with Crippen LogP contribution in [0.5, 0.6) is 0 Å². The summed E-state index contributed by atoms with van der Waals surface area (Å²) in [6.45, 7) is 13.1. The van der Waals surface area contributed by atoms with Crippen molar-refractivity contribution < 1.29 is 4.79 Å². The van der Waals surface area contributed by atoms with Gasteiger partial charge < -0.3 is 10.6 Å².